The van der Waals surface area contributed by atoms with E-state index in [0.29, 0.717) is 12.2 Å². The van der Waals surface area contributed by atoms with Crippen molar-refractivity contribution in [2.24, 2.45) is 5.92 Å². The molecular weight excluding hydrogens is 300 g/mol. The number of ether oxygens (including phenoxy) is 2. The van der Waals surface area contributed by atoms with E-state index in [1.165, 1.54) is 0 Å². The largest absolute Gasteiger partial charge is 0.481 e. The summed E-state index contributed by atoms with van der Waals surface area (Å²) in [6.45, 7) is 3.96. The van der Waals surface area contributed by atoms with Gasteiger partial charge in [-0.3, -0.25) is 4.79 Å². The first-order valence-electron chi connectivity index (χ1n) is 5.87. The minimum absolute atomic E-state index is 0.217. The van der Waals surface area contributed by atoms with Crippen molar-refractivity contribution in [1.29, 1.82) is 0 Å². The van der Waals surface area contributed by atoms with Crippen molar-refractivity contribution in [2.45, 2.75) is 26.7 Å². The Kier molecular flexibility index (Phi) is 3.80. The predicted octanol–water partition coefficient (Wildman–Crippen LogP) is 3.00. The summed E-state index contributed by atoms with van der Waals surface area (Å²) in [5.41, 5.74) is 2.09. The van der Waals surface area contributed by atoms with E-state index in [-0.39, 0.29) is 6.79 Å². The Bertz CT molecular complexity index is 484. The summed E-state index contributed by atoms with van der Waals surface area (Å²) in [6.07, 6.45) is 1.31. The molecule has 0 aliphatic carbocycles. The molecule has 1 N–H and O–H groups in total. The van der Waals surface area contributed by atoms with Crippen LogP contribution in [0, 0.1) is 5.92 Å². The third-order valence-corrected chi connectivity index (χ3v) is 3.94. The lowest BCUT2D eigenvalue weighted by Gasteiger charge is -2.14. The van der Waals surface area contributed by atoms with Gasteiger partial charge in [-0.05, 0) is 46.0 Å². The fraction of sp³-hybridized carbons (Fsp3) is 0.462. The summed E-state index contributed by atoms with van der Waals surface area (Å²) in [7, 11) is 0. The van der Waals surface area contributed by atoms with Gasteiger partial charge in [-0.15, -0.1) is 0 Å². The maximum Gasteiger partial charge on any atom is 0.306 e. The van der Waals surface area contributed by atoms with Crippen LogP contribution in [0.1, 0.15) is 25.0 Å². The van der Waals surface area contributed by atoms with Crippen LogP contribution in [0.4, 0.5) is 0 Å². The van der Waals surface area contributed by atoms with Crippen molar-refractivity contribution in [3.63, 3.8) is 0 Å². The average molecular weight is 315 g/mol. The van der Waals surface area contributed by atoms with Crippen LogP contribution in [-0.4, -0.2) is 17.9 Å². The number of fused-ring (bicyclic) bond motifs is 1. The van der Waals surface area contributed by atoms with Crippen LogP contribution in [0.2, 0.25) is 0 Å². The Morgan fingerprint density at radius 3 is 2.89 bits per heavy atom. The number of carboxylic acids is 1. The van der Waals surface area contributed by atoms with Gasteiger partial charge in [-0.25, -0.2) is 0 Å². The second-order valence-electron chi connectivity index (χ2n) is 4.36. The van der Waals surface area contributed by atoms with Crippen LogP contribution >= 0.6 is 15.9 Å². The molecule has 0 fully saturated rings. The zero-order valence-electron chi connectivity index (χ0n) is 10.3. The second-order valence-corrected chi connectivity index (χ2v) is 5.15. The molecule has 0 radical (unpaired) electrons. The van der Waals surface area contributed by atoms with Crippen LogP contribution in [-0.2, 0) is 17.6 Å². The Balaban J connectivity index is 2.40. The first kappa shape index (κ1) is 13.2. The van der Waals surface area contributed by atoms with Gasteiger partial charge in [0.2, 0.25) is 6.79 Å². The van der Waals surface area contributed by atoms with Crippen molar-refractivity contribution < 1.29 is 19.4 Å². The third kappa shape index (κ3) is 2.32. The highest BCUT2D eigenvalue weighted by Gasteiger charge is 2.23. The molecule has 0 saturated heterocycles. The van der Waals surface area contributed by atoms with E-state index in [0.717, 1.165) is 27.8 Å². The van der Waals surface area contributed by atoms with Crippen LogP contribution < -0.4 is 9.47 Å². The second kappa shape index (κ2) is 5.18. The van der Waals surface area contributed by atoms with Gasteiger partial charge in [0.05, 0.1) is 10.4 Å². The minimum Gasteiger partial charge on any atom is -0.481 e. The Labute approximate surface area is 114 Å². The van der Waals surface area contributed by atoms with Crippen LogP contribution in [0.15, 0.2) is 10.5 Å². The number of rotatable bonds is 4. The van der Waals surface area contributed by atoms with Crippen LogP contribution in [0.5, 0.6) is 11.5 Å². The van der Waals surface area contributed by atoms with E-state index in [1.807, 2.05) is 13.0 Å². The summed E-state index contributed by atoms with van der Waals surface area (Å²) in [4.78, 5) is 11.0. The van der Waals surface area contributed by atoms with Gasteiger partial charge in [0.25, 0.3) is 0 Å². The lowest BCUT2D eigenvalue weighted by Crippen LogP contribution is -2.13. The molecular formula is C13H15BrO4. The van der Waals surface area contributed by atoms with E-state index in [2.05, 4.69) is 15.9 Å². The zero-order valence-corrected chi connectivity index (χ0v) is 11.9. The molecule has 4 nitrogen and oxygen atoms in total. The highest BCUT2D eigenvalue weighted by atomic mass is 79.9. The van der Waals surface area contributed by atoms with Gasteiger partial charge in [-0.2, -0.15) is 0 Å². The molecule has 2 rings (SSSR count). The van der Waals surface area contributed by atoms with Crippen molar-refractivity contribution in [2.75, 3.05) is 6.79 Å². The Morgan fingerprint density at radius 1 is 1.56 bits per heavy atom. The first-order chi connectivity index (χ1) is 8.54. The van der Waals surface area contributed by atoms with E-state index >= 15 is 0 Å². The summed E-state index contributed by atoms with van der Waals surface area (Å²) in [5.74, 6) is 0.207. The van der Waals surface area contributed by atoms with Crippen molar-refractivity contribution in [3.05, 3.63) is 21.7 Å². The smallest absolute Gasteiger partial charge is 0.306 e. The number of carbonyl (C=O) groups is 1. The van der Waals surface area contributed by atoms with Gasteiger partial charge in [0.15, 0.2) is 11.5 Å². The normalized spacial score (nSPS) is 14.6. The molecule has 1 aromatic carbocycles. The third-order valence-electron chi connectivity index (χ3n) is 3.10. The van der Waals surface area contributed by atoms with E-state index in [1.54, 1.807) is 6.92 Å². The molecule has 1 aromatic rings. The van der Waals surface area contributed by atoms with Crippen molar-refractivity contribution in [1.82, 2.24) is 0 Å². The minimum atomic E-state index is -0.786. The van der Waals surface area contributed by atoms with E-state index in [9.17, 15) is 4.79 Å². The highest BCUT2D eigenvalue weighted by Crippen LogP contribution is 2.43. The molecule has 1 atom stereocenters. The summed E-state index contributed by atoms with van der Waals surface area (Å²) in [6, 6.07) is 1.89. The predicted molar refractivity (Wildman–Crippen MR) is 70.1 cm³/mol. The first-order valence-corrected chi connectivity index (χ1v) is 6.66. The Hall–Kier alpha value is -1.23. The molecule has 1 unspecified atom stereocenters. The molecule has 0 amide bonds. The lowest BCUT2D eigenvalue weighted by molar-refractivity contribution is -0.141. The maximum absolute atomic E-state index is 11.0. The molecule has 1 aliphatic rings. The number of aliphatic carboxylic acids is 1. The lowest BCUT2D eigenvalue weighted by atomic mass is 9.95. The highest BCUT2D eigenvalue weighted by molar-refractivity contribution is 9.10. The van der Waals surface area contributed by atoms with E-state index < -0.39 is 11.9 Å². The topological polar surface area (TPSA) is 55.8 Å². The molecule has 1 heterocycles. The summed E-state index contributed by atoms with van der Waals surface area (Å²) in [5, 5.41) is 9.00. The summed E-state index contributed by atoms with van der Waals surface area (Å²) >= 11 is 3.52. The SMILES string of the molecule is CCc1c(CC(C)C(=O)O)cc2c(c1Br)OCO2. The Morgan fingerprint density at radius 2 is 2.28 bits per heavy atom. The monoisotopic (exact) mass is 314 g/mol. The molecule has 0 bridgehead atoms. The quantitative estimate of drug-likeness (QED) is 0.928. The molecule has 98 valence electrons. The van der Waals surface area contributed by atoms with Crippen LogP contribution in [0.3, 0.4) is 0 Å². The number of benzene rings is 1. The number of halogens is 1. The van der Waals surface area contributed by atoms with Gasteiger partial charge >= 0.3 is 5.97 Å². The van der Waals surface area contributed by atoms with Gasteiger partial charge < -0.3 is 14.6 Å². The number of hydrogen-bond acceptors (Lipinski definition) is 3. The van der Waals surface area contributed by atoms with Gasteiger partial charge in [0.1, 0.15) is 0 Å². The van der Waals surface area contributed by atoms with Gasteiger partial charge in [-0.1, -0.05) is 13.8 Å². The summed E-state index contributed by atoms with van der Waals surface area (Å²) < 4.78 is 11.6. The zero-order chi connectivity index (χ0) is 13.3. The fourth-order valence-corrected chi connectivity index (χ4v) is 2.92. The molecule has 0 spiro atoms. The number of hydrogen-bond donors (Lipinski definition) is 1. The van der Waals surface area contributed by atoms with Crippen molar-refractivity contribution >= 4 is 21.9 Å². The fourth-order valence-electron chi connectivity index (χ4n) is 2.07. The van der Waals surface area contributed by atoms with E-state index in [4.69, 9.17) is 14.6 Å². The van der Waals surface area contributed by atoms with Crippen LogP contribution in [0.25, 0.3) is 0 Å². The molecule has 0 saturated carbocycles. The average Bonchev–Trinajstić information content (AvgIpc) is 2.77. The maximum atomic E-state index is 11.0. The number of carboxylic acid groups (broad SMARTS) is 1. The standard InChI is InChI=1S/C13H15BrO4/c1-3-9-8(4-7(2)13(15)16)5-10-12(11(9)14)18-6-17-10/h5,7H,3-4,6H2,1-2H3,(H,15,16). The molecule has 0 aromatic heterocycles. The van der Waals surface area contributed by atoms with Crippen molar-refractivity contribution in [3.8, 4) is 11.5 Å². The molecule has 1 aliphatic heterocycles. The van der Waals surface area contributed by atoms with Gasteiger partial charge in [0, 0.05) is 0 Å². The molecule has 18 heavy (non-hydrogen) atoms. The molecule has 5 heteroatoms.